The molecular weight excluding hydrogens is 308 g/mol. The second kappa shape index (κ2) is 6.08. The summed E-state index contributed by atoms with van der Waals surface area (Å²) in [4.78, 5) is 1.17. The minimum atomic E-state index is -3.64. The molecule has 0 amide bonds. The van der Waals surface area contributed by atoms with Gasteiger partial charge in [-0.15, -0.1) is 11.8 Å². The molecule has 1 aromatic heterocycles. The van der Waals surface area contributed by atoms with Gasteiger partial charge in [-0.25, -0.2) is 8.42 Å². The Bertz CT molecular complexity index is 723. The van der Waals surface area contributed by atoms with Crippen LogP contribution in [-0.2, 0) is 23.6 Å². The van der Waals surface area contributed by atoms with Crippen molar-refractivity contribution in [3.8, 4) is 0 Å². The third-order valence-electron chi connectivity index (χ3n) is 3.07. The molecule has 0 saturated carbocycles. The molecule has 2 aromatic rings. The van der Waals surface area contributed by atoms with E-state index in [0.29, 0.717) is 0 Å². The molecule has 21 heavy (non-hydrogen) atoms. The number of sulfonamides is 1. The van der Waals surface area contributed by atoms with E-state index in [1.165, 1.54) is 22.2 Å². The van der Waals surface area contributed by atoms with Crippen molar-refractivity contribution in [1.29, 1.82) is 0 Å². The smallest absolute Gasteiger partial charge is 0.248 e. The Kier molecular flexibility index (Phi) is 4.60. The van der Waals surface area contributed by atoms with Crippen LogP contribution in [0.25, 0.3) is 0 Å². The van der Waals surface area contributed by atoms with Crippen molar-refractivity contribution in [2.45, 2.75) is 16.3 Å². The summed E-state index contributed by atoms with van der Waals surface area (Å²) in [6, 6.07) is 7.78. The number of benzene rings is 1. The first kappa shape index (κ1) is 15.9. The van der Waals surface area contributed by atoms with Gasteiger partial charge in [0.15, 0.2) is 5.82 Å². The molecule has 2 N–H and O–H groups in total. The zero-order valence-corrected chi connectivity index (χ0v) is 13.8. The molecule has 1 aromatic carbocycles. The standard InChI is InChI=1S/C13H18N4O2S2/c1-16-9-12(13(14)15-16)21(18,19)17(2)8-10-4-6-11(20-3)7-5-10/h4-7,9H,8H2,1-3H3,(H2,14,15). The molecule has 0 spiro atoms. The Hall–Kier alpha value is -1.51. The van der Waals surface area contributed by atoms with Crippen LogP contribution in [0.2, 0.25) is 0 Å². The van der Waals surface area contributed by atoms with Gasteiger partial charge in [-0.2, -0.15) is 9.40 Å². The van der Waals surface area contributed by atoms with Crippen LogP contribution in [0.4, 0.5) is 5.82 Å². The van der Waals surface area contributed by atoms with Crippen molar-refractivity contribution in [3.63, 3.8) is 0 Å². The lowest BCUT2D eigenvalue weighted by atomic mass is 10.2. The zero-order chi connectivity index (χ0) is 15.6. The van der Waals surface area contributed by atoms with Crippen LogP contribution in [0, 0.1) is 0 Å². The van der Waals surface area contributed by atoms with Crippen LogP contribution >= 0.6 is 11.8 Å². The second-order valence-corrected chi connectivity index (χ2v) is 7.55. The summed E-state index contributed by atoms with van der Waals surface area (Å²) in [6.45, 7) is 0.283. The number of thioether (sulfide) groups is 1. The van der Waals surface area contributed by atoms with Crippen molar-refractivity contribution in [2.24, 2.45) is 7.05 Å². The number of nitrogens with zero attached hydrogens (tertiary/aromatic N) is 3. The van der Waals surface area contributed by atoms with Crippen molar-refractivity contribution in [1.82, 2.24) is 14.1 Å². The fraction of sp³-hybridized carbons (Fsp3) is 0.308. The van der Waals surface area contributed by atoms with Gasteiger partial charge in [0.05, 0.1) is 0 Å². The molecule has 0 saturated heterocycles. The summed E-state index contributed by atoms with van der Waals surface area (Å²) in [5, 5.41) is 3.88. The predicted molar refractivity (Wildman–Crippen MR) is 84.5 cm³/mol. The fourth-order valence-electron chi connectivity index (χ4n) is 1.92. The van der Waals surface area contributed by atoms with Crippen LogP contribution in [0.15, 0.2) is 40.3 Å². The maximum atomic E-state index is 12.5. The summed E-state index contributed by atoms with van der Waals surface area (Å²) in [5.74, 6) is 0.0158. The molecule has 0 atom stereocenters. The number of aromatic nitrogens is 2. The summed E-state index contributed by atoms with van der Waals surface area (Å²) >= 11 is 1.64. The molecule has 1 heterocycles. The summed E-state index contributed by atoms with van der Waals surface area (Å²) in [5.41, 5.74) is 6.57. The van der Waals surface area contributed by atoms with E-state index in [1.54, 1.807) is 18.8 Å². The van der Waals surface area contributed by atoms with E-state index in [2.05, 4.69) is 5.10 Å². The maximum absolute atomic E-state index is 12.5. The van der Waals surface area contributed by atoms with E-state index in [0.717, 1.165) is 10.5 Å². The highest BCUT2D eigenvalue weighted by Gasteiger charge is 2.25. The number of aryl methyl sites for hydroxylation is 1. The van der Waals surface area contributed by atoms with Crippen molar-refractivity contribution in [2.75, 3.05) is 19.0 Å². The van der Waals surface area contributed by atoms with Gasteiger partial charge >= 0.3 is 0 Å². The van der Waals surface area contributed by atoms with Crippen LogP contribution in [0.1, 0.15) is 5.56 Å². The lowest BCUT2D eigenvalue weighted by molar-refractivity contribution is 0.467. The second-order valence-electron chi connectivity index (χ2n) is 4.66. The van der Waals surface area contributed by atoms with E-state index in [9.17, 15) is 8.42 Å². The quantitative estimate of drug-likeness (QED) is 0.843. The first-order valence-electron chi connectivity index (χ1n) is 6.23. The Labute approximate surface area is 129 Å². The van der Waals surface area contributed by atoms with Gasteiger partial charge in [-0.3, -0.25) is 4.68 Å². The van der Waals surface area contributed by atoms with Gasteiger partial charge in [-0.05, 0) is 24.0 Å². The predicted octanol–water partition coefficient (Wildman–Crippen LogP) is 1.54. The largest absolute Gasteiger partial charge is 0.381 e. The van der Waals surface area contributed by atoms with Gasteiger partial charge in [0.2, 0.25) is 10.0 Å². The van der Waals surface area contributed by atoms with Gasteiger partial charge in [0, 0.05) is 31.7 Å². The normalized spacial score (nSPS) is 12.0. The molecule has 0 fully saturated rings. The molecule has 0 aliphatic heterocycles. The van der Waals surface area contributed by atoms with Gasteiger partial charge in [0.25, 0.3) is 0 Å². The highest BCUT2D eigenvalue weighted by molar-refractivity contribution is 7.98. The number of hydrogen-bond donors (Lipinski definition) is 1. The summed E-state index contributed by atoms with van der Waals surface area (Å²) < 4.78 is 27.6. The van der Waals surface area contributed by atoms with Crippen LogP contribution in [0.3, 0.4) is 0 Å². The SMILES string of the molecule is CSc1ccc(CN(C)S(=O)(=O)c2cn(C)nc2N)cc1. The average Bonchev–Trinajstić information content (AvgIpc) is 2.79. The molecule has 0 aliphatic carbocycles. The molecule has 6 nitrogen and oxygen atoms in total. The van der Waals surface area contributed by atoms with Crippen molar-refractivity contribution >= 4 is 27.6 Å². The topological polar surface area (TPSA) is 81.2 Å². The number of anilines is 1. The summed E-state index contributed by atoms with van der Waals surface area (Å²) in [6.07, 6.45) is 3.41. The Balaban J connectivity index is 2.22. The Morgan fingerprint density at radius 3 is 2.43 bits per heavy atom. The molecular formula is C13H18N4O2S2. The third kappa shape index (κ3) is 3.39. The van der Waals surface area contributed by atoms with Gasteiger partial charge in [0.1, 0.15) is 4.90 Å². The molecule has 0 radical (unpaired) electrons. The van der Waals surface area contributed by atoms with Gasteiger partial charge in [-0.1, -0.05) is 12.1 Å². The Morgan fingerprint density at radius 1 is 1.33 bits per heavy atom. The molecule has 114 valence electrons. The van der Waals surface area contributed by atoms with Crippen LogP contribution in [0.5, 0.6) is 0 Å². The zero-order valence-electron chi connectivity index (χ0n) is 12.1. The lowest BCUT2D eigenvalue weighted by Gasteiger charge is -2.16. The van der Waals surface area contributed by atoms with Gasteiger partial charge < -0.3 is 5.73 Å². The lowest BCUT2D eigenvalue weighted by Crippen LogP contribution is -2.26. The third-order valence-corrected chi connectivity index (χ3v) is 5.64. The first-order valence-corrected chi connectivity index (χ1v) is 8.89. The number of nitrogen functional groups attached to an aromatic ring is 1. The van der Waals surface area contributed by atoms with E-state index in [-0.39, 0.29) is 17.3 Å². The average molecular weight is 326 g/mol. The van der Waals surface area contributed by atoms with Crippen molar-refractivity contribution in [3.05, 3.63) is 36.0 Å². The van der Waals surface area contributed by atoms with E-state index in [4.69, 9.17) is 5.73 Å². The minimum Gasteiger partial charge on any atom is -0.381 e. The number of rotatable bonds is 5. The molecule has 0 bridgehead atoms. The molecule has 8 heteroatoms. The van der Waals surface area contributed by atoms with E-state index < -0.39 is 10.0 Å². The number of nitrogens with two attached hydrogens (primary N) is 1. The fourth-order valence-corrected chi connectivity index (χ4v) is 3.58. The molecule has 0 aliphatic rings. The molecule has 0 unspecified atom stereocenters. The van der Waals surface area contributed by atoms with Crippen LogP contribution < -0.4 is 5.73 Å². The molecule has 2 rings (SSSR count). The van der Waals surface area contributed by atoms with Crippen LogP contribution in [-0.4, -0.2) is 35.8 Å². The summed E-state index contributed by atoms with van der Waals surface area (Å²) in [7, 11) is -0.475. The first-order chi connectivity index (χ1) is 9.84. The van der Waals surface area contributed by atoms with Crippen molar-refractivity contribution < 1.29 is 8.42 Å². The number of hydrogen-bond acceptors (Lipinski definition) is 5. The highest BCUT2D eigenvalue weighted by atomic mass is 32.2. The van der Waals surface area contributed by atoms with E-state index in [1.807, 2.05) is 30.5 Å². The monoisotopic (exact) mass is 326 g/mol. The maximum Gasteiger partial charge on any atom is 0.248 e. The Morgan fingerprint density at radius 2 is 1.95 bits per heavy atom. The minimum absolute atomic E-state index is 0.0158. The van der Waals surface area contributed by atoms with E-state index >= 15 is 0 Å². The highest BCUT2D eigenvalue weighted by Crippen LogP contribution is 2.22.